The molecule has 20 heavy (non-hydrogen) atoms. The second-order valence-corrected chi connectivity index (χ2v) is 6.43. The first-order chi connectivity index (χ1) is 9.16. The van der Waals surface area contributed by atoms with Crippen LogP contribution in [0.2, 0.25) is 0 Å². The van der Waals surface area contributed by atoms with Gasteiger partial charge in [0.2, 0.25) is 0 Å². The van der Waals surface area contributed by atoms with Gasteiger partial charge in [-0.25, -0.2) is 0 Å². The number of guanidine groups is 1. The molecule has 118 valence electrons. The molecule has 2 N–H and O–H groups in total. The molecule has 0 radical (unpaired) electrons. The fourth-order valence-corrected chi connectivity index (χ4v) is 3.22. The SMILES string of the molecule is CN=C(NCC1CCC1)NCC1(N(C)C)CCCC1.I. The molecule has 0 saturated heterocycles. The van der Waals surface area contributed by atoms with Crippen LogP contribution in [0, 0.1) is 5.92 Å². The van der Waals surface area contributed by atoms with E-state index < -0.39 is 0 Å². The van der Waals surface area contributed by atoms with Gasteiger partial charge in [0.1, 0.15) is 0 Å². The van der Waals surface area contributed by atoms with Crippen molar-refractivity contribution < 1.29 is 0 Å². The Morgan fingerprint density at radius 1 is 1.15 bits per heavy atom. The fourth-order valence-electron chi connectivity index (χ4n) is 3.22. The summed E-state index contributed by atoms with van der Waals surface area (Å²) in [7, 11) is 6.28. The maximum atomic E-state index is 4.35. The van der Waals surface area contributed by atoms with E-state index in [0.29, 0.717) is 5.54 Å². The van der Waals surface area contributed by atoms with Crippen molar-refractivity contribution in [3.63, 3.8) is 0 Å². The number of hydrogen-bond donors (Lipinski definition) is 2. The average molecular weight is 394 g/mol. The predicted molar refractivity (Wildman–Crippen MR) is 97.0 cm³/mol. The Bertz CT molecular complexity index is 307. The van der Waals surface area contributed by atoms with Gasteiger partial charge in [-0.2, -0.15) is 0 Å². The summed E-state index contributed by atoms with van der Waals surface area (Å²) in [5, 5.41) is 7.01. The Kier molecular flexibility index (Phi) is 7.58. The minimum absolute atomic E-state index is 0. The maximum absolute atomic E-state index is 4.35. The summed E-state index contributed by atoms with van der Waals surface area (Å²) in [6.45, 7) is 2.08. The number of rotatable bonds is 5. The smallest absolute Gasteiger partial charge is 0.191 e. The lowest BCUT2D eigenvalue weighted by Gasteiger charge is -2.37. The van der Waals surface area contributed by atoms with E-state index in [1.54, 1.807) is 0 Å². The highest BCUT2D eigenvalue weighted by molar-refractivity contribution is 14.0. The second-order valence-electron chi connectivity index (χ2n) is 6.43. The number of nitrogens with one attached hydrogen (secondary N) is 2. The third-order valence-corrected chi connectivity index (χ3v) is 5.07. The number of halogens is 1. The van der Waals surface area contributed by atoms with E-state index in [2.05, 4.69) is 34.6 Å². The first kappa shape index (κ1) is 18.0. The minimum atomic E-state index is 0. The van der Waals surface area contributed by atoms with Crippen molar-refractivity contribution in [1.29, 1.82) is 0 Å². The van der Waals surface area contributed by atoms with E-state index in [9.17, 15) is 0 Å². The molecule has 4 nitrogen and oxygen atoms in total. The molecular weight excluding hydrogens is 363 g/mol. The van der Waals surface area contributed by atoms with Crippen molar-refractivity contribution in [2.24, 2.45) is 10.9 Å². The zero-order valence-electron chi connectivity index (χ0n) is 13.2. The number of nitrogens with zero attached hydrogens (tertiary/aromatic N) is 2. The van der Waals surface area contributed by atoms with Crippen LogP contribution >= 0.6 is 24.0 Å². The molecular formula is C15H31IN4. The molecule has 0 aromatic heterocycles. The van der Waals surface area contributed by atoms with Gasteiger partial charge < -0.3 is 15.5 Å². The molecule has 0 aliphatic heterocycles. The summed E-state index contributed by atoms with van der Waals surface area (Å²) in [6.07, 6.45) is 9.47. The van der Waals surface area contributed by atoms with Crippen molar-refractivity contribution in [2.45, 2.75) is 50.5 Å². The molecule has 0 aromatic carbocycles. The van der Waals surface area contributed by atoms with Crippen molar-refractivity contribution in [3.8, 4) is 0 Å². The molecule has 2 fully saturated rings. The summed E-state index contributed by atoms with van der Waals surface area (Å²) in [5.41, 5.74) is 0.327. The third-order valence-electron chi connectivity index (χ3n) is 5.07. The zero-order valence-corrected chi connectivity index (χ0v) is 15.6. The van der Waals surface area contributed by atoms with E-state index in [1.165, 1.54) is 44.9 Å². The van der Waals surface area contributed by atoms with Crippen molar-refractivity contribution in [3.05, 3.63) is 0 Å². The van der Waals surface area contributed by atoms with Crippen LogP contribution in [0.4, 0.5) is 0 Å². The van der Waals surface area contributed by atoms with Gasteiger partial charge in [-0.15, -0.1) is 24.0 Å². The van der Waals surface area contributed by atoms with E-state index in [4.69, 9.17) is 0 Å². The second kappa shape index (κ2) is 8.41. The molecule has 2 aliphatic rings. The van der Waals surface area contributed by atoms with Gasteiger partial charge in [0.25, 0.3) is 0 Å². The molecule has 0 unspecified atom stereocenters. The third kappa shape index (κ3) is 4.48. The Hall–Kier alpha value is -0.0400. The maximum Gasteiger partial charge on any atom is 0.191 e. The number of hydrogen-bond acceptors (Lipinski definition) is 2. The van der Waals surface area contributed by atoms with E-state index >= 15 is 0 Å². The summed E-state index contributed by atoms with van der Waals surface area (Å²) >= 11 is 0. The molecule has 2 rings (SSSR count). The molecule has 5 heteroatoms. The summed E-state index contributed by atoms with van der Waals surface area (Å²) < 4.78 is 0. The Morgan fingerprint density at radius 2 is 1.80 bits per heavy atom. The first-order valence-electron chi connectivity index (χ1n) is 7.78. The van der Waals surface area contributed by atoms with Crippen LogP contribution in [0.1, 0.15) is 44.9 Å². The lowest BCUT2D eigenvalue weighted by Crippen LogP contribution is -2.53. The highest BCUT2D eigenvalue weighted by Crippen LogP contribution is 2.33. The lowest BCUT2D eigenvalue weighted by atomic mass is 9.85. The molecule has 0 atom stereocenters. The highest BCUT2D eigenvalue weighted by Gasteiger charge is 2.35. The molecule has 2 saturated carbocycles. The average Bonchev–Trinajstić information content (AvgIpc) is 2.81. The number of likely N-dealkylation sites (N-methyl/N-ethyl adjacent to an activating group) is 1. The van der Waals surface area contributed by atoms with Crippen LogP contribution in [0.3, 0.4) is 0 Å². The topological polar surface area (TPSA) is 39.7 Å². The van der Waals surface area contributed by atoms with E-state index in [0.717, 1.165) is 25.0 Å². The zero-order chi connectivity index (χ0) is 13.7. The fraction of sp³-hybridized carbons (Fsp3) is 0.933. The van der Waals surface area contributed by atoms with Gasteiger partial charge in [0, 0.05) is 25.7 Å². The van der Waals surface area contributed by atoms with Crippen LogP contribution < -0.4 is 10.6 Å². The molecule has 0 amide bonds. The van der Waals surface area contributed by atoms with Gasteiger partial charge in [0.15, 0.2) is 5.96 Å². The summed E-state index contributed by atoms with van der Waals surface area (Å²) in [4.78, 5) is 6.74. The molecule has 0 aromatic rings. The van der Waals surface area contributed by atoms with Crippen LogP contribution in [-0.4, -0.2) is 50.6 Å². The molecule has 0 spiro atoms. The summed E-state index contributed by atoms with van der Waals surface area (Å²) in [5.74, 6) is 1.84. The summed E-state index contributed by atoms with van der Waals surface area (Å²) in [6, 6.07) is 0. The number of aliphatic imine (C=N–C) groups is 1. The minimum Gasteiger partial charge on any atom is -0.356 e. The van der Waals surface area contributed by atoms with Gasteiger partial charge in [-0.1, -0.05) is 19.3 Å². The molecule has 0 bridgehead atoms. The predicted octanol–water partition coefficient (Wildman–Crippen LogP) is 2.44. The van der Waals surface area contributed by atoms with Crippen molar-refractivity contribution in [1.82, 2.24) is 15.5 Å². The van der Waals surface area contributed by atoms with Crippen LogP contribution in [0.15, 0.2) is 4.99 Å². The van der Waals surface area contributed by atoms with Gasteiger partial charge in [0.05, 0.1) is 0 Å². The quantitative estimate of drug-likeness (QED) is 0.428. The standard InChI is InChI=1S/C15H30N4.HI/c1-16-14(17-11-13-7-6-8-13)18-12-15(19(2)3)9-4-5-10-15;/h13H,4-12H2,1-3H3,(H2,16,17,18);1H. The Labute approximate surface area is 141 Å². The Morgan fingerprint density at radius 3 is 2.25 bits per heavy atom. The van der Waals surface area contributed by atoms with Gasteiger partial charge in [-0.3, -0.25) is 4.99 Å². The Balaban J connectivity index is 0.00000200. The molecule has 2 aliphatic carbocycles. The largest absolute Gasteiger partial charge is 0.356 e. The van der Waals surface area contributed by atoms with Crippen LogP contribution in [-0.2, 0) is 0 Å². The van der Waals surface area contributed by atoms with Crippen LogP contribution in [0.25, 0.3) is 0 Å². The normalized spacial score (nSPS) is 22.3. The van der Waals surface area contributed by atoms with Crippen molar-refractivity contribution >= 4 is 29.9 Å². The van der Waals surface area contributed by atoms with Gasteiger partial charge in [-0.05, 0) is 45.7 Å². The lowest BCUT2D eigenvalue weighted by molar-refractivity contribution is 0.160. The van der Waals surface area contributed by atoms with E-state index in [1.807, 2.05) is 7.05 Å². The molecule has 0 heterocycles. The van der Waals surface area contributed by atoms with Gasteiger partial charge >= 0.3 is 0 Å². The first-order valence-corrected chi connectivity index (χ1v) is 7.78. The van der Waals surface area contributed by atoms with E-state index in [-0.39, 0.29) is 24.0 Å². The monoisotopic (exact) mass is 394 g/mol. The van der Waals surface area contributed by atoms with Crippen molar-refractivity contribution in [2.75, 3.05) is 34.2 Å². The van der Waals surface area contributed by atoms with Crippen LogP contribution in [0.5, 0.6) is 0 Å². The highest BCUT2D eigenvalue weighted by atomic mass is 127.